The highest BCUT2D eigenvalue weighted by atomic mass is 35.5. The second-order valence-electron chi connectivity index (χ2n) is 3.31. The average Bonchev–Trinajstić information content (AvgIpc) is 2.32. The lowest BCUT2D eigenvalue weighted by Crippen LogP contribution is -1.92. The van der Waals surface area contributed by atoms with Gasteiger partial charge in [-0.15, -0.1) is 0 Å². The minimum Gasteiger partial charge on any atom is -0.397 e. The highest BCUT2D eigenvalue weighted by Crippen LogP contribution is 2.40. The van der Waals surface area contributed by atoms with E-state index in [4.69, 9.17) is 40.5 Å². The number of hydrogen-bond donors (Lipinski definition) is 1. The van der Waals surface area contributed by atoms with E-state index in [0.29, 0.717) is 20.8 Å². The molecule has 0 aliphatic heterocycles. The van der Waals surface area contributed by atoms with Gasteiger partial charge in [0.25, 0.3) is 0 Å². The normalized spacial score (nSPS) is 10.4. The molecule has 0 saturated heterocycles. The van der Waals surface area contributed by atoms with Gasteiger partial charge in [-0.25, -0.2) is 0 Å². The number of nitrogens with two attached hydrogens (primary N) is 1. The zero-order chi connectivity index (χ0) is 11.7. The number of benzene rings is 2. The standard InChI is InChI=1S/C12H8Cl3N/c13-9-6-8(7-4-2-1-3-5-7)12(16)11(15)10(9)14/h1-6H,16H2. The van der Waals surface area contributed by atoms with Gasteiger partial charge in [0, 0.05) is 5.56 Å². The van der Waals surface area contributed by atoms with Crippen molar-refractivity contribution >= 4 is 40.5 Å². The van der Waals surface area contributed by atoms with Gasteiger partial charge in [0.1, 0.15) is 0 Å². The van der Waals surface area contributed by atoms with Gasteiger partial charge in [0.15, 0.2) is 0 Å². The summed E-state index contributed by atoms with van der Waals surface area (Å²) in [5.41, 5.74) is 8.11. The molecule has 0 aromatic heterocycles. The van der Waals surface area contributed by atoms with Gasteiger partial charge >= 0.3 is 0 Å². The van der Waals surface area contributed by atoms with Crippen molar-refractivity contribution < 1.29 is 0 Å². The lowest BCUT2D eigenvalue weighted by atomic mass is 10.0. The van der Waals surface area contributed by atoms with Crippen molar-refractivity contribution in [2.75, 3.05) is 5.73 Å². The molecule has 2 aromatic rings. The maximum absolute atomic E-state index is 6.00. The van der Waals surface area contributed by atoms with Crippen LogP contribution in [0.25, 0.3) is 11.1 Å². The predicted octanol–water partition coefficient (Wildman–Crippen LogP) is 4.90. The molecule has 0 unspecified atom stereocenters. The lowest BCUT2D eigenvalue weighted by molar-refractivity contribution is 1.61. The molecule has 0 heterocycles. The zero-order valence-corrected chi connectivity index (χ0v) is 10.4. The van der Waals surface area contributed by atoms with E-state index in [1.54, 1.807) is 6.07 Å². The van der Waals surface area contributed by atoms with Crippen LogP contribution in [-0.4, -0.2) is 0 Å². The summed E-state index contributed by atoms with van der Waals surface area (Å²) in [6, 6.07) is 11.4. The molecular formula is C12H8Cl3N. The Morgan fingerprint density at radius 2 is 1.50 bits per heavy atom. The summed E-state index contributed by atoms with van der Waals surface area (Å²) < 4.78 is 0. The number of anilines is 1. The maximum atomic E-state index is 6.00. The molecule has 1 nitrogen and oxygen atoms in total. The Morgan fingerprint density at radius 3 is 2.12 bits per heavy atom. The van der Waals surface area contributed by atoms with Gasteiger partial charge in [-0.1, -0.05) is 65.1 Å². The first-order chi connectivity index (χ1) is 7.61. The van der Waals surface area contributed by atoms with Crippen molar-refractivity contribution in [3.63, 3.8) is 0 Å². The van der Waals surface area contributed by atoms with Gasteiger partial charge in [0.2, 0.25) is 0 Å². The van der Waals surface area contributed by atoms with Gasteiger partial charge in [-0.3, -0.25) is 0 Å². The van der Waals surface area contributed by atoms with Crippen LogP contribution in [-0.2, 0) is 0 Å². The van der Waals surface area contributed by atoms with Gasteiger partial charge in [0.05, 0.1) is 20.8 Å². The molecule has 0 amide bonds. The monoisotopic (exact) mass is 271 g/mol. The van der Waals surface area contributed by atoms with E-state index in [1.807, 2.05) is 30.3 Å². The first-order valence-electron chi connectivity index (χ1n) is 4.59. The van der Waals surface area contributed by atoms with Gasteiger partial charge in [-0.2, -0.15) is 0 Å². The fourth-order valence-electron chi connectivity index (χ4n) is 1.47. The Morgan fingerprint density at radius 1 is 0.875 bits per heavy atom. The Bertz CT molecular complexity index is 524. The van der Waals surface area contributed by atoms with E-state index in [1.165, 1.54) is 0 Å². The average molecular weight is 273 g/mol. The van der Waals surface area contributed by atoms with E-state index in [9.17, 15) is 0 Å². The highest BCUT2D eigenvalue weighted by molar-refractivity contribution is 6.49. The van der Waals surface area contributed by atoms with Crippen LogP contribution in [0.2, 0.25) is 15.1 Å². The van der Waals surface area contributed by atoms with E-state index in [0.717, 1.165) is 11.1 Å². The van der Waals surface area contributed by atoms with Crippen LogP contribution in [0, 0.1) is 0 Å². The van der Waals surface area contributed by atoms with E-state index >= 15 is 0 Å². The first-order valence-corrected chi connectivity index (χ1v) is 5.73. The van der Waals surface area contributed by atoms with Crippen LogP contribution in [0.4, 0.5) is 5.69 Å². The third-order valence-electron chi connectivity index (χ3n) is 2.28. The molecule has 0 saturated carbocycles. The Labute approximate surface area is 109 Å². The largest absolute Gasteiger partial charge is 0.397 e. The summed E-state index contributed by atoms with van der Waals surface area (Å²) in [4.78, 5) is 0. The fraction of sp³-hybridized carbons (Fsp3) is 0. The molecule has 0 aliphatic carbocycles. The first kappa shape index (κ1) is 11.6. The SMILES string of the molecule is Nc1c(-c2ccccc2)cc(Cl)c(Cl)c1Cl. The summed E-state index contributed by atoms with van der Waals surface area (Å²) in [6.07, 6.45) is 0. The van der Waals surface area contributed by atoms with Crippen LogP contribution in [0.3, 0.4) is 0 Å². The number of nitrogen functional groups attached to an aromatic ring is 1. The second kappa shape index (κ2) is 4.54. The summed E-state index contributed by atoms with van der Waals surface area (Å²) in [5.74, 6) is 0. The van der Waals surface area contributed by atoms with Gasteiger partial charge < -0.3 is 5.73 Å². The van der Waals surface area contributed by atoms with Crippen LogP contribution in [0.15, 0.2) is 36.4 Å². The quantitative estimate of drug-likeness (QED) is 0.580. The number of halogens is 3. The molecule has 2 rings (SSSR count). The molecule has 0 aliphatic rings. The van der Waals surface area contributed by atoms with Crippen molar-refractivity contribution in [1.82, 2.24) is 0 Å². The third-order valence-corrected chi connectivity index (χ3v) is 3.56. The number of rotatable bonds is 1. The van der Waals surface area contributed by atoms with Crippen LogP contribution < -0.4 is 5.73 Å². The lowest BCUT2D eigenvalue weighted by Gasteiger charge is -2.10. The summed E-state index contributed by atoms with van der Waals surface area (Å²) in [7, 11) is 0. The second-order valence-corrected chi connectivity index (χ2v) is 4.48. The minimum absolute atomic E-state index is 0.292. The molecule has 2 aromatic carbocycles. The zero-order valence-electron chi connectivity index (χ0n) is 8.18. The molecule has 16 heavy (non-hydrogen) atoms. The predicted molar refractivity (Wildman–Crippen MR) is 71.3 cm³/mol. The van der Waals surface area contributed by atoms with E-state index in [-0.39, 0.29) is 0 Å². The van der Waals surface area contributed by atoms with Crippen LogP contribution in [0.5, 0.6) is 0 Å². The molecule has 0 bridgehead atoms. The fourth-order valence-corrected chi connectivity index (χ4v) is 2.08. The van der Waals surface area contributed by atoms with Gasteiger partial charge in [-0.05, 0) is 11.6 Å². The Balaban J connectivity index is 2.68. The molecule has 0 radical (unpaired) electrons. The number of hydrogen-bond acceptors (Lipinski definition) is 1. The van der Waals surface area contributed by atoms with Crippen molar-refractivity contribution in [1.29, 1.82) is 0 Å². The van der Waals surface area contributed by atoms with Crippen molar-refractivity contribution in [2.24, 2.45) is 0 Å². The topological polar surface area (TPSA) is 26.0 Å². The molecule has 4 heteroatoms. The molecular weight excluding hydrogens is 264 g/mol. The van der Waals surface area contributed by atoms with Crippen molar-refractivity contribution in [3.8, 4) is 11.1 Å². The molecule has 0 atom stereocenters. The molecule has 0 fully saturated rings. The summed E-state index contributed by atoms with van der Waals surface area (Å²) >= 11 is 17.9. The molecule has 0 spiro atoms. The minimum atomic E-state index is 0.292. The summed E-state index contributed by atoms with van der Waals surface area (Å²) in [6.45, 7) is 0. The Hall–Kier alpha value is -0.890. The van der Waals surface area contributed by atoms with Crippen molar-refractivity contribution in [2.45, 2.75) is 0 Å². The van der Waals surface area contributed by atoms with Crippen LogP contribution >= 0.6 is 34.8 Å². The summed E-state index contributed by atoms with van der Waals surface area (Å²) in [5, 5.41) is 0.994. The Kier molecular flexibility index (Phi) is 3.29. The van der Waals surface area contributed by atoms with E-state index in [2.05, 4.69) is 0 Å². The third kappa shape index (κ3) is 1.99. The van der Waals surface area contributed by atoms with Crippen LogP contribution in [0.1, 0.15) is 0 Å². The smallest absolute Gasteiger partial charge is 0.0843 e. The molecule has 82 valence electrons. The maximum Gasteiger partial charge on any atom is 0.0843 e. The highest BCUT2D eigenvalue weighted by Gasteiger charge is 2.13. The molecule has 2 N–H and O–H groups in total. The van der Waals surface area contributed by atoms with E-state index < -0.39 is 0 Å². The van der Waals surface area contributed by atoms with Crippen molar-refractivity contribution in [3.05, 3.63) is 51.5 Å².